The van der Waals surface area contributed by atoms with Gasteiger partial charge in [-0.3, -0.25) is 4.90 Å². The van der Waals surface area contributed by atoms with Gasteiger partial charge in [-0.05, 0) is 62.1 Å². The third-order valence-electron chi connectivity index (χ3n) is 7.89. The van der Waals surface area contributed by atoms with Crippen molar-refractivity contribution < 1.29 is 13.2 Å². The predicted octanol–water partition coefficient (Wildman–Crippen LogP) is 2.52. The highest BCUT2D eigenvalue weighted by molar-refractivity contribution is 7.89. The number of sulfonamides is 1. The maximum absolute atomic E-state index is 13.2. The number of hydrogen-bond donors (Lipinski definition) is 0. The Morgan fingerprint density at radius 2 is 1.86 bits per heavy atom. The van der Waals surface area contributed by atoms with E-state index in [9.17, 15) is 13.7 Å². The van der Waals surface area contributed by atoms with E-state index in [1.807, 2.05) is 0 Å². The van der Waals surface area contributed by atoms with Gasteiger partial charge in [0.05, 0.1) is 29.7 Å². The molecule has 3 heterocycles. The number of benzene rings is 1. The topological polar surface area (TPSA) is 73.6 Å². The van der Waals surface area contributed by atoms with Crippen molar-refractivity contribution in [2.45, 2.75) is 50.0 Å². The summed E-state index contributed by atoms with van der Waals surface area (Å²) in [6, 6.07) is 7.73. The molecule has 1 saturated carbocycles. The van der Waals surface area contributed by atoms with Crippen molar-refractivity contribution in [2.75, 3.05) is 39.4 Å². The van der Waals surface area contributed by atoms with E-state index < -0.39 is 10.0 Å². The van der Waals surface area contributed by atoms with Gasteiger partial charge in [0.1, 0.15) is 0 Å². The van der Waals surface area contributed by atoms with Crippen LogP contribution in [-0.4, -0.2) is 63.1 Å². The van der Waals surface area contributed by atoms with Crippen LogP contribution in [0.25, 0.3) is 0 Å². The molecule has 0 amide bonds. The van der Waals surface area contributed by atoms with Crippen LogP contribution in [0.3, 0.4) is 0 Å². The molecule has 156 valence electrons. The van der Waals surface area contributed by atoms with Crippen molar-refractivity contribution >= 4 is 10.0 Å². The van der Waals surface area contributed by atoms with Gasteiger partial charge in [0, 0.05) is 37.6 Å². The third kappa shape index (κ3) is 3.12. The number of nitriles is 1. The average Bonchev–Trinajstić information content (AvgIpc) is 3.03. The Labute approximate surface area is 173 Å². The van der Waals surface area contributed by atoms with E-state index in [1.165, 1.54) is 32.4 Å². The standard InChI is InChI=1S/C22H29N3O3S/c1-17-18(12-23)3-2-4-20(17)29(26,27)25-9-7-21(8-10-25)6-5-19(11-21)24-13-22(14-24)15-28-16-22/h2-4,19H,5-11,13-16H2,1H3. The summed E-state index contributed by atoms with van der Waals surface area (Å²) in [5.41, 5.74) is 1.76. The Kier molecular flexibility index (Phi) is 4.56. The van der Waals surface area contributed by atoms with Gasteiger partial charge in [-0.1, -0.05) is 6.07 Å². The molecule has 0 bridgehead atoms. The lowest BCUT2D eigenvalue weighted by molar-refractivity contribution is -0.198. The summed E-state index contributed by atoms with van der Waals surface area (Å²) in [6.45, 7) is 7.13. The highest BCUT2D eigenvalue weighted by Gasteiger charge is 2.53. The Balaban J connectivity index is 1.23. The van der Waals surface area contributed by atoms with Gasteiger partial charge in [-0.25, -0.2) is 8.42 Å². The summed E-state index contributed by atoms with van der Waals surface area (Å²) in [7, 11) is -3.55. The second-order valence-corrected chi connectivity index (χ2v) is 11.6. The van der Waals surface area contributed by atoms with Crippen LogP contribution in [0.1, 0.15) is 43.2 Å². The maximum atomic E-state index is 13.2. The van der Waals surface area contributed by atoms with Crippen LogP contribution in [-0.2, 0) is 14.8 Å². The molecule has 29 heavy (non-hydrogen) atoms. The average molecular weight is 416 g/mol. The Morgan fingerprint density at radius 1 is 1.14 bits per heavy atom. The minimum Gasteiger partial charge on any atom is -0.380 e. The zero-order valence-electron chi connectivity index (χ0n) is 17.1. The van der Waals surface area contributed by atoms with E-state index in [0.717, 1.165) is 26.1 Å². The van der Waals surface area contributed by atoms with Crippen LogP contribution in [0.4, 0.5) is 0 Å². The van der Waals surface area contributed by atoms with Crippen molar-refractivity contribution in [3.8, 4) is 6.07 Å². The second kappa shape index (κ2) is 6.78. The molecule has 1 aromatic carbocycles. The SMILES string of the molecule is Cc1c(C#N)cccc1S(=O)(=O)N1CCC2(CCC(N3CC4(COC4)C3)C2)CC1. The van der Waals surface area contributed by atoms with E-state index in [1.54, 1.807) is 29.4 Å². The Bertz CT molecular complexity index is 948. The monoisotopic (exact) mass is 415 g/mol. The number of rotatable bonds is 3. The van der Waals surface area contributed by atoms with Crippen LogP contribution in [0.5, 0.6) is 0 Å². The van der Waals surface area contributed by atoms with Gasteiger partial charge in [-0.15, -0.1) is 0 Å². The maximum Gasteiger partial charge on any atom is 0.243 e. The summed E-state index contributed by atoms with van der Waals surface area (Å²) < 4.78 is 33.5. The molecule has 1 aliphatic carbocycles. The molecule has 4 fully saturated rings. The molecular weight excluding hydrogens is 386 g/mol. The lowest BCUT2D eigenvalue weighted by atomic mass is 9.75. The summed E-state index contributed by atoms with van der Waals surface area (Å²) in [6.07, 6.45) is 5.56. The number of hydrogen-bond acceptors (Lipinski definition) is 5. The minimum atomic E-state index is -3.55. The predicted molar refractivity (Wildman–Crippen MR) is 109 cm³/mol. The fourth-order valence-electron chi connectivity index (χ4n) is 5.94. The normalized spacial score (nSPS) is 28.8. The lowest BCUT2D eigenvalue weighted by Gasteiger charge is -2.57. The Morgan fingerprint density at radius 3 is 2.48 bits per heavy atom. The number of piperidine rings is 1. The quantitative estimate of drug-likeness (QED) is 0.758. The molecule has 0 N–H and O–H groups in total. The fraction of sp³-hybridized carbons (Fsp3) is 0.682. The van der Waals surface area contributed by atoms with Gasteiger partial charge in [0.2, 0.25) is 10.0 Å². The molecule has 1 aromatic rings. The number of ether oxygens (including phenoxy) is 1. The molecule has 6 nitrogen and oxygen atoms in total. The van der Waals surface area contributed by atoms with Crippen LogP contribution in [0.15, 0.2) is 23.1 Å². The molecule has 5 rings (SSSR count). The van der Waals surface area contributed by atoms with Crippen LogP contribution in [0.2, 0.25) is 0 Å². The van der Waals surface area contributed by atoms with Crippen molar-refractivity contribution in [2.24, 2.45) is 10.8 Å². The van der Waals surface area contributed by atoms with Gasteiger partial charge in [0.15, 0.2) is 0 Å². The van der Waals surface area contributed by atoms with Crippen LogP contribution < -0.4 is 0 Å². The van der Waals surface area contributed by atoms with E-state index in [-0.39, 0.29) is 4.90 Å². The second-order valence-electron chi connectivity index (χ2n) is 9.74. The summed E-state index contributed by atoms with van der Waals surface area (Å²) in [4.78, 5) is 2.92. The molecule has 1 atom stereocenters. The first-order valence-corrected chi connectivity index (χ1v) is 12.1. The first kappa shape index (κ1) is 19.5. The van der Waals surface area contributed by atoms with Crippen molar-refractivity contribution in [3.05, 3.63) is 29.3 Å². The molecular formula is C22H29N3O3S. The Hall–Kier alpha value is -1.46. The first-order chi connectivity index (χ1) is 13.9. The van der Waals surface area contributed by atoms with Crippen molar-refractivity contribution in [3.63, 3.8) is 0 Å². The van der Waals surface area contributed by atoms with Gasteiger partial charge >= 0.3 is 0 Å². The molecule has 4 aliphatic rings. The van der Waals surface area contributed by atoms with Crippen LogP contribution >= 0.6 is 0 Å². The molecule has 0 aromatic heterocycles. The van der Waals surface area contributed by atoms with Crippen molar-refractivity contribution in [1.29, 1.82) is 5.26 Å². The van der Waals surface area contributed by atoms with E-state index in [0.29, 0.717) is 41.1 Å². The van der Waals surface area contributed by atoms with E-state index >= 15 is 0 Å². The molecule has 1 unspecified atom stereocenters. The highest BCUT2D eigenvalue weighted by atomic mass is 32.2. The first-order valence-electron chi connectivity index (χ1n) is 10.7. The van der Waals surface area contributed by atoms with E-state index in [2.05, 4.69) is 11.0 Å². The zero-order chi connectivity index (χ0) is 20.3. The van der Waals surface area contributed by atoms with Crippen LogP contribution in [0, 0.1) is 29.1 Å². The number of nitrogens with zero attached hydrogens (tertiary/aromatic N) is 3. The fourth-order valence-corrected chi connectivity index (χ4v) is 7.63. The molecule has 3 aliphatic heterocycles. The van der Waals surface area contributed by atoms with E-state index in [4.69, 9.17) is 4.74 Å². The smallest absolute Gasteiger partial charge is 0.243 e. The lowest BCUT2D eigenvalue weighted by Crippen LogP contribution is -2.67. The minimum absolute atomic E-state index is 0.283. The zero-order valence-corrected chi connectivity index (χ0v) is 17.9. The highest BCUT2D eigenvalue weighted by Crippen LogP contribution is 2.51. The molecule has 7 heteroatoms. The molecule has 3 saturated heterocycles. The summed E-state index contributed by atoms with van der Waals surface area (Å²) >= 11 is 0. The summed E-state index contributed by atoms with van der Waals surface area (Å²) in [5, 5.41) is 9.24. The molecule has 0 radical (unpaired) electrons. The molecule has 2 spiro atoms. The summed E-state index contributed by atoms with van der Waals surface area (Å²) in [5.74, 6) is 0. The van der Waals surface area contributed by atoms with Gasteiger partial charge < -0.3 is 4.74 Å². The largest absolute Gasteiger partial charge is 0.380 e. The van der Waals surface area contributed by atoms with Crippen molar-refractivity contribution in [1.82, 2.24) is 9.21 Å². The number of likely N-dealkylation sites (tertiary alicyclic amines) is 1. The van der Waals surface area contributed by atoms with Gasteiger partial charge in [-0.2, -0.15) is 9.57 Å². The van der Waals surface area contributed by atoms with Gasteiger partial charge in [0.25, 0.3) is 0 Å². The third-order valence-corrected chi connectivity index (χ3v) is 9.93.